The summed E-state index contributed by atoms with van der Waals surface area (Å²) < 4.78 is 0. The zero-order valence-corrected chi connectivity index (χ0v) is 18.7. The van der Waals surface area contributed by atoms with Gasteiger partial charge in [0, 0.05) is 64.6 Å². The highest BCUT2D eigenvalue weighted by Gasteiger charge is 2.36. The smallest absolute Gasteiger partial charge is 0.299 e. The van der Waals surface area contributed by atoms with Crippen molar-refractivity contribution in [2.75, 3.05) is 62.2 Å². The van der Waals surface area contributed by atoms with Gasteiger partial charge in [0.25, 0.3) is 11.7 Å². The molecule has 3 heterocycles. The Labute approximate surface area is 190 Å². The molecule has 32 heavy (non-hydrogen) atoms. The largest absolute Gasteiger partial charge is 0.372 e. The van der Waals surface area contributed by atoms with E-state index in [0.717, 1.165) is 63.7 Å². The molecule has 168 valence electrons. The number of rotatable bonds is 6. The molecule has 6 nitrogen and oxygen atoms in total. The van der Waals surface area contributed by atoms with Gasteiger partial charge in [0.15, 0.2) is 0 Å². The van der Waals surface area contributed by atoms with E-state index in [1.807, 2.05) is 12.1 Å². The minimum atomic E-state index is -0.376. The average Bonchev–Trinajstić information content (AvgIpc) is 3.09. The van der Waals surface area contributed by atoms with Gasteiger partial charge in [-0.2, -0.15) is 0 Å². The zero-order valence-electron chi connectivity index (χ0n) is 18.7. The monoisotopic (exact) mass is 432 g/mol. The van der Waals surface area contributed by atoms with Crippen LogP contribution in [0.3, 0.4) is 0 Å². The number of Topliss-reactive ketones (excluding diaryl/α,β-unsaturated/α-hetero) is 1. The predicted molar refractivity (Wildman–Crippen MR) is 127 cm³/mol. The van der Waals surface area contributed by atoms with E-state index in [1.165, 1.54) is 24.8 Å². The third-order valence-electron chi connectivity index (χ3n) is 7.03. The topological polar surface area (TPSA) is 47.1 Å². The lowest BCUT2D eigenvalue weighted by Crippen LogP contribution is -2.48. The molecule has 0 aromatic heterocycles. The second kappa shape index (κ2) is 9.43. The van der Waals surface area contributed by atoms with Crippen molar-refractivity contribution in [2.24, 2.45) is 0 Å². The standard InChI is InChI=1S/C26H32N4O2/c31-25-23-19-22(29-11-5-2-6-12-29)9-10-24(23)30(26(25)32)18-17-27-13-15-28(16-14-27)20-21-7-3-1-4-8-21/h1,3-4,7-10,19H,2,5-6,11-18,20H2. The van der Waals surface area contributed by atoms with Crippen molar-refractivity contribution in [3.05, 3.63) is 59.7 Å². The SMILES string of the molecule is O=C1C(=O)N(CCN2CCN(Cc3ccccc3)CC2)c2ccc(N3CCCCC3)cc21. The Morgan fingerprint density at radius 3 is 2.19 bits per heavy atom. The van der Waals surface area contributed by atoms with E-state index in [9.17, 15) is 9.59 Å². The molecule has 5 rings (SSSR count). The summed E-state index contributed by atoms with van der Waals surface area (Å²) >= 11 is 0. The molecule has 0 spiro atoms. The Bertz CT molecular complexity index is 963. The summed E-state index contributed by atoms with van der Waals surface area (Å²) in [5.74, 6) is -0.731. The first-order chi connectivity index (χ1) is 15.7. The minimum absolute atomic E-state index is 0.355. The van der Waals surface area contributed by atoms with Gasteiger partial charge in [0.2, 0.25) is 0 Å². The summed E-state index contributed by atoms with van der Waals surface area (Å²) in [7, 11) is 0. The Morgan fingerprint density at radius 2 is 1.44 bits per heavy atom. The van der Waals surface area contributed by atoms with Crippen molar-refractivity contribution in [1.29, 1.82) is 0 Å². The lowest BCUT2D eigenvalue weighted by Gasteiger charge is -2.35. The van der Waals surface area contributed by atoms with Gasteiger partial charge in [-0.05, 0) is 43.0 Å². The molecular formula is C26H32N4O2. The van der Waals surface area contributed by atoms with Gasteiger partial charge in [-0.25, -0.2) is 0 Å². The maximum atomic E-state index is 12.7. The van der Waals surface area contributed by atoms with E-state index in [0.29, 0.717) is 12.1 Å². The van der Waals surface area contributed by atoms with E-state index >= 15 is 0 Å². The molecule has 0 radical (unpaired) electrons. The van der Waals surface area contributed by atoms with Crippen LogP contribution in [0.25, 0.3) is 0 Å². The number of piperazine rings is 1. The molecule has 0 aliphatic carbocycles. The highest BCUT2D eigenvalue weighted by atomic mass is 16.2. The molecule has 6 heteroatoms. The number of amides is 1. The van der Waals surface area contributed by atoms with Crippen LogP contribution in [-0.2, 0) is 11.3 Å². The van der Waals surface area contributed by atoms with Crippen LogP contribution < -0.4 is 9.80 Å². The van der Waals surface area contributed by atoms with Crippen LogP contribution in [0.15, 0.2) is 48.5 Å². The van der Waals surface area contributed by atoms with Gasteiger partial charge < -0.3 is 9.80 Å². The number of hydrogen-bond acceptors (Lipinski definition) is 5. The van der Waals surface area contributed by atoms with Crippen molar-refractivity contribution >= 4 is 23.1 Å². The molecule has 0 atom stereocenters. The first kappa shape index (κ1) is 21.2. The lowest BCUT2D eigenvalue weighted by molar-refractivity contribution is -0.114. The predicted octanol–water partition coefficient (Wildman–Crippen LogP) is 3.02. The van der Waals surface area contributed by atoms with E-state index in [-0.39, 0.29) is 11.7 Å². The Kier molecular flexibility index (Phi) is 6.23. The minimum Gasteiger partial charge on any atom is -0.372 e. The molecule has 1 amide bonds. The van der Waals surface area contributed by atoms with Crippen LogP contribution in [0.1, 0.15) is 35.2 Å². The molecule has 2 fully saturated rings. The van der Waals surface area contributed by atoms with Crippen LogP contribution in [0.2, 0.25) is 0 Å². The third kappa shape index (κ3) is 4.43. The highest BCUT2D eigenvalue weighted by Crippen LogP contribution is 2.33. The fraction of sp³-hybridized carbons (Fsp3) is 0.462. The fourth-order valence-electron chi connectivity index (χ4n) is 5.11. The van der Waals surface area contributed by atoms with Crippen molar-refractivity contribution in [1.82, 2.24) is 9.80 Å². The molecule has 3 aliphatic heterocycles. The van der Waals surface area contributed by atoms with Crippen molar-refractivity contribution in [2.45, 2.75) is 25.8 Å². The third-order valence-corrected chi connectivity index (χ3v) is 7.03. The van der Waals surface area contributed by atoms with Gasteiger partial charge >= 0.3 is 0 Å². The summed E-state index contributed by atoms with van der Waals surface area (Å²) in [6, 6.07) is 16.6. The molecule has 0 unspecified atom stereocenters. The first-order valence-corrected chi connectivity index (χ1v) is 11.9. The first-order valence-electron chi connectivity index (χ1n) is 11.9. The molecule has 3 aliphatic rings. The Balaban J connectivity index is 1.17. The van der Waals surface area contributed by atoms with Crippen molar-refractivity contribution < 1.29 is 9.59 Å². The van der Waals surface area contributed by atoms with Crippen molar-refractivity contribution in [3.63, 3.8) is 0 Å². The lowest BCUT2D eigenvalue weighted by atomic mass is 10.1. The molecule has 2 saturated heterocycles. The average molecular weight is 433 g/mol. The summed E-state index contributed by atoms with van der Waals surface area (Å²) in [5, 5.41) is 0. The van der Waals surface area contributed by atoms with Crippen LogP contribution in [0.5, 0.6) is 0 Å². The van der Waals surface area contributed by atoms with Gasteiger partial charge in [-0.3, -0.25) is 19.4 Å². The Morgan fingerprint density at radius 1 is 0.719 bits per heavy atom. The quantitative estimate of drug-likeness (QED) is 0.657. The number of carbonyl (C=O) groups is 2. The van der Waals surface area contributed by atoms with E-state index in [1.54, 1.807) is 4.90 Å². The fourth-order valence-corrected chi connectivity index (χ4v) is 5.11. The number of anilines is 2. The number of benzene rings is 2. The Hall–Kier alpha value is -2.70. The van der Waals surface area contributed by atoms with Gasteiger partial charge in [-0.15, -0.1) is 0 Å². The zero-order chi connectivity index (χ0) is 21.9. The van der Waals surface area contributed by atoms with E-state index in [2.05, 4.69) is 51.1 Å². The molecule has 0 bridgehead atoms. The number of carbonyl (C=O) groups excluding carboxylic acids is 2. The molecule has 0 N–H and O–H groups in total. The highest BCUT2D eigenvalue weighted by molar-refractivity contribution is 6.52. The summed E-state index contributed by atoms with van der Waals surface area (Å²) in [5.41, 5.74) is 3.78. The molecule has 0 saturated carbocycles. The number of fused-ring (bicyclic) bond motifs is 1. The van der Waals surface area contributed by atoms with Crippen molar-refractivity contribution in [3.8, 4) is 0 Å². The molecular weight excluding hydrogens is 400 g/mol. The van der Waals surface area contributed by atoms with Gasteiger partial charge in [0.05, 0.1) is 11.3 Å². The van der Waals surface area contributed by atoms with Crippen LogP contribution >= 0.6 is 0 Å². The number of piperidine rings is 1. The van der Waals surface area contributed by atoms with Gasteiger partial charge in [0.1, 0.15) is 0 Å². The van der Waals surface area contributed by atoms with Crippen LogP contribution in [0, 0.1) is 0 Å². The van der Waals surface area contributed by atoms with Gasteiger partial charge in [-0.1, -0.05) is 30.3 Å². The van der Waals surface area contributed by atoms with Crippen LogP contribution in [0.4, 0.5) is 11.4 Å². The second-order valence-corrected chi connectivity index (χ2v) is 9.14. The normalized spacial score (nSPS) is 20.1. The molecule has 2 aromatic rings. The molecule has 2 aromatic carbocycles. The summed E-state index contributed by atoms with van der Waals surface area (Å²) in [4.78, 5) is 34.3. The summed E-state index contributed by atoms with van der Waals surface area (Å²) in [6.07, 6.45) is 3.65. The summed E-state index contributed by atoms with van der Waals surface area (Å²) in [6.45, 7) is 8.44. The van der Waals surface area contributed by atoms with E-state index in [4.69, 9.17) is 0 Å². The maximum absolute atomic E-state index is 12.7. The maximum Gasteiger partial charge on any atom is 0.299 e. The number of hydrogen-bond donors (Lipinski definition) is 0. The van der Waals surface area contributed by atoms with E-state index < -0.39 is 0 Å². The number of nitrogens with zero attached hydrogens (tertiary/aromatic N) is 4. The second-order valence-electron chi connectivity index (χ2n) is 9.14. The van der Waals surface area contributed by atoms with Crippen LogP contribution in [-0.4, -0.2) is 73.8 Å². The number of ketones is 1.